The minimum atomic E-state index is -0.602. The monoisotopic (exact) mass is 501 g/mol. The number of carbonyl (C=O) groups excluding carboxylic acids is 2. The lowest BCUT2D eigenvalue weighted by Gasteiger charge is -2.25. The van der Waals surface area contributed by atoms with Crippen LogP contribution in [0.15, 0.2) is 70.1 Å². The van der Waals surface area contributed by atoms with E-state index in [4.69, 9.17) is 29.1 Å². The van der Waals surface area contributed by atoms with Gasteiger partial charge in [-0.05, 0) is 47.5 Å². The standard InChI is InChI=1S/C28H23NO8/c1-33-21-8-6-16(11-23(21)34-2)20-13-36-28-18(27(20)32)7-9-22-26(28)19(12-25(31)37-22)15-4-3-5-17(10-15)35-14-24(29)30/h3-11,13,19H,12,14H2,1-2H3,(H2,29,30). The van der Waals surface area contributed by atoms with Gasteiger partial charge in [0.15, 0.2) is 18.1 Å². The molecule has 1 unspecified atom stereocenters. The van der Waals surface area contributed by atoms with Crippen molar-refractivity contribution in [2.75, 3.05) is 20.8 Å². The van der Waals surface area contributed by atoms with E-state index in [1.807, 2.05) is 6.07 Å². The highest BCUT2D eigenvalue weighted by Gasteiger charge is 2.32. The molecule has 0 radical (unpaired) electrons. The molecule has 1 aliphatic rings. The van der Waals surface area contributed by atoms with Gasteiger partial charge in [-0.15, -0.1) is 0 Å². The number of esters is 1. The molecule has 3 aromatic carbocycles. The van der Waals surface area contributed by atoms with Crippen molar-refractivity contribution in [3.8, 4) is 34.1 Å². The van der Waals surface area contributed by atoms with Gasteiger partial charge in [-0.2, -0.15) is 0 Å². The summed E-state index contributed by atoms with van der Waals surface area (Å²) in [5, 5.41) is 0.343. The van der Waals surface area contributed by atoms with Crippen LogP contribution in [0, 0.1) is 0 Å². The van der Waals surface area contributed by atoms with Crippen molar-refractivity contribution in [3.63, 3.8) is 0 Å². The Labute approximate surface area is 211 Å². The summed E-state index contributed by atoms with van der Waals surface area (Å²) in [7, 11) is 3.06. The van der Waals surface area contributed by atoms with Crippen molar-refractivity contribution < 1.29 is 33.0 Å². The lowest BCUT2D eigenvalue weighted by Crippen LogP contribution is -2.22. The lowest BCUT2D eigenvalue weighted by atomic mass is 9.85. The summed E-state index contributed by atoms with van der Waals surface area (Å²) in [6, 6.07) is 15.4. The Morgan fingerprint density at radius 1 is 1.03 bits per heavy atom. The average Bonchev–Trinajstić information content (AvgIpc) is 2.91. The molecule has 0 saturated heterocycles. The minimum absolute atomic E-state index is 0.0343. The third-order valence-corrected chi connectivity index (χ3v) is 6.22. The van der Waals surface area contributed by atoms with Gasteiger partial charge in [-0.25, -0.2) is 0 Å². The van der Waals surface area contributed by atoms with Crippen LogP contribution in [-0.4, -0.2) is 32.7 Å². The Morgan fingerprint density at radius 2 is 1.84 bits per heavy atom. The Kier molecular flexibility index (Phi) is 6.27. The van der Waals surface area contributed by atoms with Gasteiger partial charge in [0.25, 0.3) is 5.91 Å². The van der Waals surface area contributed by atoms with E-state index in [9.17, 15) is 14.4 Å². The molecule has 1 amide bonds. The molecule has 0 fully saturated rings. The van der Waals surface area contributed by atoms with Gasteiger partial charge >= 0.3 is 5.97 Å². The Balaban J connectivity index is 1.63. The van der Waals surface area contributed by atoms with Crippen LogP contribution < -0.4 is 30.1 Å². The van der Waals surface area contributed by atoms with Gasteiger partial charge in [0.1, 0.15) is 23.3 Å². The Hall–Kier alpha value is -4.79. The summed E-state index contributed by atoms with van der Waals surface area (Å²) < 4.78 is 27.6. The number of ether oxygens (including phenoxy) is 4. The fraction of sp³-hybridized carbons (Fsp3) is 0.179. The molecule has 0 bridgehead atoms. The smallest absolute Gasteiger partial charge is 0.312 e. The Bertz CT molecular complexity index is 1590. The SMILES string of the molecule is COc1ccc(-c2coc3c4c(ccc3c2=O)OC(=O)CC4c2cccc(OCC(N)=O)c2)cc1OC. The fourth-order valence-electron chi connectivity index (χ4n) is 4.52. The van der Waals surface area contributed by atoms with E-state index in [1.54, 1.807) is 48.5 Å². The van der Waals surface area contributed by atoms with Crippen LogP contribution >= 0.6 is 0 Å². The van der Waals surface area contributed by atoms with Crippen molar-refractivity contribution in [1.82, 2.24) is 0 Å². The van der Waals surface area contributed by atoms with Crippen LogP contribution in [0.4, 0.5) is 0 Å². The summed E-state index contributed by atoms with van der Waals surface area (Å²) >= 11 is 0. The van der Waals surface area contributed by atoms with Gasteiger partial charge < -0.3 is 29.1 Å². The summed E-state index contributed by atoms with van der Waals surface area (Å²) in [6.07, 6.45) is 1.43. The molecule has 1 aromatic heterocycles. The van der Waals surface area contributed by atoms with Crippen LogP contribution in [-0.2, 0) is 9.59 Å². The van der Waals surface area contributed by atoms with Crippen LogP contribution in [0.2, 0.25) is 0 Å². The number of hydrogen-bond acceptors (Lipinski definition) is 8. The molecule has 0 aliphatic carbocycles. The number of fused-ring (bicyclic) bond motifs is 3. The van der Waals surface area contributed by atoms with Gasteiger partial charge in [0.2, 0.25) is 5.43 Å². The number of primary amides is 1. The highest BCUT2D eigenvalue weighted by Crippen LogP contribution is 2.43. The number of benzene rings is 3. The van der Waals surface area contributed by atoms with Crippen molar-refractivity contribution in [2.45, 2.75) is 12.3 Å². The van der Waals surface area contributed by atoms with Gasteiger partial charge in [-0.3, -0.25) is 14.4 Å². The number of amides is 1. The second-order valence-corrected chi connectivity index (χ2v) is 8.46. The summed E-state index contributed by atoms with van der Waals surface area (Å²) in [6.45, 7) is -0.274. The second kappa shape index (κ2) is 9.69. The maximum absolute atomic E-state index is 13.6. The van der Waals surface area contributed by atoms with Crippen molar-refractivity contribution >= 4 is 22.8 Å². The molecule has 5 rings (SSSR count). The number of methoxy groups -OCH3 is 2. The summed E-state index contributed by atoms with van der Waals surface area (Å²) in [5.41, 5.74) is 7.54. The molecule has 4 aromatic rings. The van der Waals surface area contributed by atoms with Crippen LogP contribution in [0.25, 0.3) is 22.1 Å². The topological polar surface area (TPSA) is 127 Å². The minimum Gasteiger partial charge on any atom is -0.493 e. The van der Waals surface area contributed by atoms with Crippen LogP contribution in [0.5, 0.6) is 23.0 Å². The zero-order valence-corrected chi connectivity index (χ0v) is 20.1. The number of carbonyl (C=O) groups is 2. The molecular formula is C28H23NO8. The zero-order chi connectivity index (χ0) is 26.1. The summed E-state index contributed by atoms with van der Waals surface area (Å²) in [5.74, 6) is 0.285. The van der Waals surface area contributed by atoms with E-state index in [1.165, 1.54) is 20.5 Å². The molecule has 0 saturated carbocycles. The van der Waals surface area contributed by atoms with E-state index < -0.39 is 17.8 Å². The average molecular weight is 501 g/mol. The highest BCUT2D eigenvalue weighted by molar-refractivity contribution is 5.90. The first kappa shape index (κ1) is 23.9. The first-order chi connectivity index (χ1) is 17.9. The van der Waals surface area contributed by atoms with Crippen molar-refractivity contribution in [3.05, 3.63) is 82.2 Å². The van der Waals surface area contributed by atoms with E-state index >= 15 is 0 Å². The maximum Gasteiger partial charge on any atom is 0.312 e. The predicted octanol–water partition coefficient (Wildman–Crippen LogP) is 3.78. The van der Waals surface area contributed by atoms with Gasteiger partial charge in [0.05, 0.1) is 31.6 Å². The number of nitrogens with two attached hydrogens (primary N) is 1. The quantitative estimate of drug-likeness (QED) is 0.299. The lowest BCUT2D eigenvalue weighted by molar-refractivity contribution is -0.135. The molecule has 0 spiro atoms. The first-order valence-corrected chi connectivity index (χ1v) is 11.4. The van der Waals surface area contributed by atoms with E-state index in [-0.39, 0.29) is 18.5 Å². The zero-order valence-electron chi connectivity index (χ0n) is 20.1. The molecule has 9 heteroatoms. The molecular weight excluding hydrogens is 478 g/mol. The van der Waals surface area contributed by atoms with E-state index in [2.05, 4.69) is 0 Å². The summed E-state index contributed by atoms with van der Waals surface area (Å²) in [4.78, 5) is 37.1. The molecule has 2 heterocycles. The Morgan fingerprint density at radius 3 is 2.59 bits per heavy atom. The number of rotatable bonds is 7. The van der Waals surface area contributed by atoms with Gasteiger partial charge in [0, 0.05) is 11.5 Å². The molecule has 37 heavy (non-hydrogen) atoms. The van der Waals surface area contributed by atoms with E-state index in [0.717, 1.165) is 5.56 Å². The molecule has 1 aliphatic heterocycles. The third-order valence-electron chi connectivity index (χ3n) is 6.22. The normalized spacial score (nSPS) is 14.5. The molecule has 188 valence electrons. The van der Waals surface area contributed by atoms with Gasteiger partial charge in [-0.1, -0.05) is 18.2 Å². The fourth-order valence-corrected chi connectivity index (χ4v) is 4.52. The second-order valence-electron chi connectivity index (χ2n) is 8.46. The molecule has 2 N–H and O–H groups in total. The third kappa shape index (κ3) is 4.47. The first-order valence-electron chi connectivity index (χ1n) is 11.4. The van der Waals surface area contributed by atoms with Crippen LogP contribution in [0.1, 0.15) is 23.5 Å². The highest BCUT2D eigenvalue weighted by atomic mass is 16.5. The maximum atomic E-state index is 13.6. The van der Waals surface area contributed by atoms with Crippen molar-refractivity contribution in [1.29, 1.82) is 0 Å². The molecule has 1 atom stereocenters. The van der Waals surface area contributed by atoms with Crippen molar-refractivity contribution in [2.24, 2.45) is 5.73 Å². The predicted molar refractivity (Wildman–Crippen MR) is 134 cm³/mol. The number of hydrogen-bond donors (Lipinski definition) is 1. The van der Waals surface area contributed by atoms with Crippen LogP contribution in [0.3, 0.4) is 0 Å². The largest absolute Gasteiger partial charge is 0.493 e. The van der Waals surface area contributed by atoms with E-state index in [0.29, 0.717) is 50.7 Å². The molecule has 9 nitrogen and oxygen atoms in total.